The van der Waals surface area contributed by atoms with E-state index < -0.39 is 17.1 Å². The van der Waals surface area contributed by atoms with Crippen molar-refractivity contribution < 1.29 is 14.4 Å². The molecule has 4 rings (SSSR count). The average molecular weight is 462 g/mol. The Morgan fingerprint density at radius 3 is 2.52 bits per heavy atom. The summed E-state index contributed by atoms with van der Waals surface area (Å²) in [5, 5.41) is 3.36. The molecule has 0 bridgehead atoms. The number of aryl methyl sites for hydroxylation is 1. The summed E-state index contributed by atoms with van der Waals surface area (Å²) in [6.45, 7) is 6.87. The fraction of sp³-hybridized carbons (Fsp3) is 0.269. The largest absolute Gasteiger partial charge is 0.347 e. The predicted octanol–water partition coefficient (Wildman–Crippen LogP) is 5.85. The minimum Gasteiger partial charge on any atom is -0.347 e. The molecule has 1 aliphatic heterocycles. The molecule has 0 unspecified atom stereocenters. The van der Waals surface area contributed by atoms with Gasteiger partial charge in [0.05, 0.1) is 4.91 Å². The van der Waals surface area contributed by atoms with Gasteiger partial charge in [0.25, 0.3) is 11.1 Å². The first-order valence-electron chi connectivity index (χ1n) is 11.1. The molecule has 0 saturated carbocycles. The van der Waals surface area contributed by atoms with Crippen LogP contribution in [0, 0.1) is 0 Å². The molecular formula is C26H27N3O3S. The van der Waals surface area contributed by atoms with Crippen molar-refractivity contribution in [1.29, 1.82) is 0 Å². The first-order valence-corrected chi connectivity index (χ1v) is 11.9. The first kappa shape index (κ1) is 22.9. The number of carbonyl (C=O) groups is 3. The van der Waals surface area contributed by atoms with Crippen molar-refractivity contribution in [2.75, 3.05) is 11.9 Å². The Bertz CT molecular complexity index is 1240. The van der Waals surface area contributed by atoms with Gasteiger partial charge >= 0.3 is 0 Å². The molecule has 2 aromatic carbocycles. The number of benzene rings is 2. The summed E-state index contributed by atoms with van der Waals surface area (Å²) in [5.74, 6) is -0.453. The highest BCUT2D eigenvalue weighted by Gasteiger charge is 2.36. The maximum atomic E-state index is 12.9. The number of hydrogen-bond acceptors (Lipinski definition) is 4. The SMILES string of the molecule is CCCn1cc(/C=C2\SC(=O)N(CC(=O)Nc3ccc(C(C)C)cc3)C2=O)c2ccccc21. The lowest BCUT2D eigenvalue weighted by Crippen LogP contribution is -2.36. The van der Waals surface area contributed by atoms with Gasteiger partial charge in [-0.05, 0) is 53.9 Å². The van der Waals surface area contributed by atoms with E-state index in [-0.39, 0.29) is 6.54 Å². The molecule has 3 amide bonds. The molecule has 0 aliphatic carbocycles. The van der Waals surface area contributed by atoms with Gasteiger partial charge < -0.3 is 9.88 Å². The van der Waals surface area contributed by atoms with Crippen LogP contribution in [0.5, 0.6) is 0 Å². The second-order valence-corrected chi connectivity index (χ2v) is 9.38. The van der Waals surface area contributed by atoms with Gasteiger partial charge in [0, 0.05) is 34.9 Å². The van der Waals surface area contributed by atoms with Crippen LogP contribution in [0.4, 0.5) is 10.5 Å². The summed E-state index contributed by atoms with van der Waals surface area (Å²) < 4.78 is 2.16. The van der Waals surface area contributed by atoms with Crippen molar-refractivity contribution in [2.45, 2.75) is 39.7 Å². The normalized spacial score (nSPS) is 15.3. The Labute approximate surface area is 197 Å². The van der Waals surface area contributed by atoms with Gasteiger partial charge in [-0.3, -0.25) is 19.3 Å². The van der Waals surface area contributed by atoms with Crippen molar-refractivity contribution in [2.24, 2.45) is 0 Å². The van der Waals surface area contributed by atoms with E-state index in [2.05, 4.69) is 30.7 Å². The lowest BCUT2D eigenvalue weighted by molar-refractivity contribution is -0.127. The third-order valence-corrected chi connectivity index (χ3v) is 6.51. The average Bonchev–Trinajstić information content (AvgIpc) is 3.27. The maximum Gasteiger partial charge on any atom is 0.294 e. The van der Waals surface area contributed by atoms with Gasteiger partial charge in [0.1, 0.15) is 6.54 Å². The number of fused-ring (bicyclic) bond motifs is 1. The fourth-order valence-electron chi connectivity index (χ4n) is 3.89. The number of hydrogen-bond donors (Lipinski definition) is 1. The molecule has 1 aliphatic rings. The topological polar surface area (TPSA) is 71.4 Å². The van der Waals surface area contributed by atoms with Crippen molar-refractivity contribution in [3.05, 3.63) is 70.8 Å². The molecule has 2 heterocycles. The van der Waals surface area contributed by atoms with Crippen LogP contribution < -0.4 is 5.32 Å². The standard InChI is InChI=1S/C26H27N3O3S/c1-4-13-28-15-19(21-7-5-6-8-22(21)28)14-23-25(31)29(26(32)33-23)16-24(30)27-20-11-9-18(10-12-20)17(2)3/h5-12,14-15,17H,4,13,16H2,1-3H3,(H,27,30)/b23-14-. The van der Waals surface area contributed by atoms with Gasteiger partial charge in [-0.2, -0.15) is 0 Å². The number of imide groups is 1. The van der Waals surface area contributed by atoms with Gasteiger partial charge in [-0.1, -0.05) is 51.1 Å². The highest BCUT2D eigenvalue weighted by Crippen LogP contribution is 2.34. The highest BCUT2D eigenvalue weighted by atomic mass is 32.2. The summed E-state index contributed by atoms with van der Waals surface area (Å²) in [6.07, 6.45) is 4.75. The smallest absolute Gasteiger partial charge is 0.294 e. The second kappa shape index (κ2) is 9.67. The van der Waals surface area contributed by atoms with Crippen LogP contribution in [-0.4, -0.2) is 33.1 Å². The molecule has 1 fully saturated rings. The number of anilines is 1. The Kier molecular flexibility index (Phi) is 6.70. The van der Waals surface area contributed by atoms with Crippen molar-refractivity contribution >= 4 is 51.5 Å². The zero-order chi connectivity index (χ0) is 23.5. The Balaban J connectivity index is 1.49. The number of rotatable bonds is 7. The van der Waals surface area contributed by atoms with Crippen molar-refractivity contribution in [1.82, 2.24) is 9.47 Å². The number of para-hydroxylation sites is 1. The predicted molar refractivity (Wildman–Crippen MR) is 134 cm³/mol. The quantitative estimate of drug-likeness (QED) is 0.448. The maximum absolute atomic E-state index is 12.9. The van der Waals surface area contributed by atoms with Crippen LogP contribution in [0.2, 0.25) is 0 Å². The molecule has 0 atom stereocenters. The van der Waals surface area contributed by atoms with Gasteiger partial charge in [-0.25, -0.2) is 0 Å². The molecular weight excluding hydrogens is 434 g/mol. The first-order chi connectivity index (χ1) is 15.9. The van der Waals surface area contributed by atoms with Crippen LogP contribution in [0.1, 0.15) is 44.2 Å². The van der Waals surface area contributed by atoms with E-state index in [1.165, 1.54) is 5.56 Å². The number of nitrogens with one attached hydrogen (secondary N) is 1. The van der Waals surface area contributed by atoms with Crippen LogP contribution in [0.25, 0.3) is 17.0 Å². The molecule has 7 heteroatoms. The van der Waals surface area contributed by atoms with Crippen LogP contribution in [0.3, 0.4) is 0 Å². The molecule has 1 saturated heterocycles. The molecule has 6 nitrogen and oxygen atoms in total. The van der Waals surface area contributed by atoms with E-state index in [0.717, 1.165) is 46.1 Å². The minimum atomic E-state index is -0.442. The van der Waals surface area contributed by atoms with E-state index >= 15 is 0 Å². The summed E-state index contributed by atoms with van der Waals surface area (Å²) in [4.78, 5) is 39.3. The van der Waals surface area contributed by atoms with Crippen molar-refractivity contribution in [3.63, 3.8) is 0 Å². The van der Waals surface area contributed by atoms with E-state index in [0.29, 0.717) is 16.5 Å². The summed E-state index contributed by atoms with van der Waals surface area (Å²) in [7, 11) is 0. The zero-order valence-electron chi connectivity index (χ0n) is 19.0. The second-order valence-electron chi connectivity index (χ2n) is 8.39. The number of nitrogens with zero attached hydrogens (tertiary/aromatic N) is 2. The summed E-state index contributed by atoms with van der Waals surface area (Å²) in [5.41, 5.74) is 3.78. The molecule has 1 N–H and O–H groups in total. The molecule has 33 heavy (non-hydrogen) atoms. The van der Waals surface area contributed by atoms with Crippen LogP contribution in [-0.2, 0) is 16.1 Å². The van der Waals surface area contributed by atoms with E-state index in [1.54, 1.807) is 6.08 Å². The lowest BCUT2D eigenvalue weighted by Gasteiger charge is -2.13. The minimum absolute atomic E-state index is 0.314. The Morgan fingerprint density at radius 2 is 1.82 bits per heavy atom. The molecule has 0 spiro atoms. The zero-order valence-corrected chi connectivity index (χ0v) is 19.8. The third-order valence-electron chi connectivity index (χ3n) is 5.61. The molecule has 0 radical (unpaired) electrons. The monoisotopic (exact) mass is 461 g/mol. The molecule has 170 valence electrons. The van der Waals surface area contributed by atoms with Gasteiger partial charge in [0.2, 0.25) is 5.91 Å². The van der Waals surface area contributed by atoms with E-state index in [1.807, 2.05) is 54.7 Å². The molecule has 3 aromatic rings. The summed E-state index contributed by atoms with van der Waals surface area (Å²) in [6, 6.07) is 15.6. The Hall–Kier alpha value is -3.32. The van der Waals surface area contributed by atoms with Crippen LogP contribution >= 0.6 is 11.8 Å². The highest BCUT2D eigenvalue weighted by molar-refractivity contribution is 8.18. The fourth-order valence-corrected chi connectivity index (χ4v) is 4.72. The number of thioether (sulfide) groups is 1. The summed E-state index contributed by atoms with van der Waals surface area (Å²) >= 11 is 0.871. The van der Waals surface area contributed by atoms with Gasteiger partial charge in [-0.15, -0.1) is 0 Å². The lowest BCUT2D eigenvalue weighted by atomic mass is 10.0. The van der Waals surface area contributed by atoms with Gasteiger partial charge in [0.15, 0.2) is 0 Å². The number of amides is 3. The van der Waals surface area contributed by atoms with Crippen molar-refractivity contribution in [3.8, 4) is 0 Å². The Morgan fingerprint density at radius 1 is 1.09 bits per heavy atom. The number of aromatic nitrogens is 1. The van der Waals surface area contributed by atoms with Crippen LogP contribution in [0.15, 0.2) is 59.6 Å². The van der Waals surface area contributed by atoms with E-state index in [4.69, 9.17) is 0 Å². The van der Waals surface area contributed by atoms with E-state index in [9.17, 15) is 14.4 Å². The number of carbonyl (C=O) groups excluding carboxylic acids is 3. The third kappa shape index (κ3) is 4.88. The molecule has 1 aromatic heterocycles.